The highest BCUT2D eigenvalue weighted by atomic mass is 32.1. The van der Waals surface area contributed by atoms with E-state index in [1.165, 1.54) is 0 Å². The van der Waals surface area contributed by atoms with E-state index in [4.69, 9.17) is 9.72 Å². The Morgan fingerprint density at radius 1 is 1.10 bits per heavy atom. The Morgan fingerprint density at radius 2 is 1.90 bits per heavy atom. The third kappa shape index (κ3) is 4.93. The molecule has 2 atom stereocenters. The van der Waals surface area contributed by atoms with E-state index in [9.17, 15) is 9.90 Å². The molecule has 0 spiro atoms. The predicted octanol–water partition coefficient (Wildman–Crippen LogP) is 4.74. The number of pyridine rings is 1. The Morgan fingerprint density at radius 3 is 2.64 bits per heavy atom. The normalized spacial score (nSPS) is 19.6. The van der Waals surface area contributed by atoms with Crippen molar-refractivity contribution in [2.24, 2.45) is 0 Å². The van der Waals surface area contributed by atoms with Crippen molar-refractivity contribution in [3.05, 3.63) is 69.8 Å². The third-order valence-corrected chi connectivity index (χ3v) is 9.68. The summed E-state index contributed by atoms with van der Waals surface area (Å²) in [6, 6.07) is 16.1. The summed E-state index contributed by atoms with van der Waals surface area (Å²) in [5.74, 6) is 1.32. The maximum Gasteiger partial charge on any atom is 0.265 e. The number of aliphatic hydroxyl groups is 1. The zero-order valence-corrected chi connectivity index (χ0v) is 24.8. The quantitative estimate of drug-likeness (QED) is 0.254. The van der Waals surface area contributed by atoms with E-state index in [1.807, 2.05) is 40.3 Å². The number of anilines is 2. The Balaban J connectivity index is 1.36. The SMILES string of the molecule is COc1ccc(Cn2c(=O)c(-c3nc4ccc(N5CCN(C)CC5)cc4[nH]3)c(N[C@@H]3CCC[C@H]3O)c3ccsc32)cc1. The van der Waals surface area contributed by atoms with E-state index in [0.29, 0.717) is 17.9 Å². The first-order valence-corrected chi connectivity index (χ1v) is 15.5. The Kier molecular flexibility index (Phi) is 7.13. The number of methoxy groups -OCH3 is 1. The number of nitrogens with one attached hydrogen (secondary N) is 2. The highest BCUT2D eigenvalue weighted by Gasteiger charge is 2.29. The molecular weight excluding hydrogens is 548 g/mol. The van der Waals surface area contributed by atoms with Gasteiger partial charge in [0.15, 0.2) is 0 Å². The molecule has 2 fully saturated rings. The lowest BCUT2D eigenvalue weighted by molar-refractivity contribution is 0.172. The number of thiophene rings is 1. The van der Waals surface area contributed by atoms with Crippen LogP contribution >= 0.6 is 11.3 Å². The molecule has 42 heavy (non-hydrogen) atoms. The van der Waals surface area contributed by atoms with E-state index in [0.717, 1.165) is 89.4 Å². The first kappa shape index (κ1) is 27.0. The second-order valence-electron chi connectivity index (χ2n) is 11.5. The van der Waals surface area contributed by atoms with Crippen molar-refractivity contribution < 1.29 is 9.84 Å². The van der Waals surface area contributed by atoms with Gasteiger partial charge in [0.05, 0.1) is 42.5 Å². The standard InChI is InChI=1S/C32H36N6O3S/c1-36-13-15-37(16-14-36)21-8-11-24-26(18-21)35-30(34-24)28-29(33-25-4-3-5-27(25)39)23-12-17-42-32(23)38(31(28)40)19-20-6-9-22(41-2)10-7-20/h6-12,17-18,25,27,33,39H,3-5,13-16,19H2,1-2H3,(H,34,35)/t25-,27-/m1/s1. The summed E-state index contributed by atoms with van der Waals surface area (Å²) in [5.41, 5.74) is 5.02. The number of aliphatic hydroxyl groups excluding tert-OH is 1. The van der Waals surface area contributed by atoms with Gasteiger partial charge in [0.25, 0.3) is 5.56 Å². The Hall–Kier alpha value is -3.86. The second-order valence-corrected chi connectivity index (χ2v) is 12.3. The number of aromatic nitrogens is 3. The lowest BCUT2D eigenvalue weighted by atomic mass is 10.1. The highest BCUT2D eigenvalue weighted by Crippen LogP contribution is 2.37. The van der Waals surface area contributed by atoms with Crippen molar-refractivity contribution in [2.45, 2.75) is 38.0 Å². The average molecular weight is 585 g/mol. The first-order chi connectivity index (χ1) is 20.5. The summed E-state index contributed by atoms with van der Waals surface area (Å²) >= 11 is 1.55. The largest absolute Gasteiger partial charge is 0.497 e. The van der Waals surface area contributed by atoms with Gasteiger partial charge in [-0.1, -0.05) is 12.1 Å². The Labute approximate surface area is 248 Å². The van der Waals surface area contributed by atoms with Crippen LogP contribution in [-0.2, 0) is 6.54 Å². The van der Waals surface area contributed by atoms with Crippen LogP contribution < -0.4 is 20.5 Å². The van der Waals surface area contributed by atoms with Crippen LogP contribution in [0.2, 0.25) is 0 Å². The molecule has 5 aromatic rings. The summed E-state index contributed by atoms with van der Waals surface area (Å²) in [6.07, 6.45) is 2.12. The fourth-order valence-electron chi connectivity index (χ4n) is 6.27. The van der Waals surface area contributed by atoms with Crippen molar-refractivity contribution in [1.29, 1.82) is 0 Å². The summed E-state index contributed by atoms with van der Waals surface area (Å²) in [6.45, 7) is 4.44. The van der Waals surface area contributed by atoms with E-state index in [2.05, 4.69) is 45.3 Å². The molecule has 2 aromatic carbocycles. The fourth-order valence-corrected chi connectivity index (χ4v) is 7.17. The van der Waals surface area contributed by atoms with Gasteiger partial charge in [-0.25, -0.2) is 4.98 Å². The number of likely N-dealkylation sites (N-methyl/N-ethyl adjacent to an activating group) is 1. The smallest absolute Gasteiger partial charge is 0.265 e. The van der Waals surface area contributed by atoms with Gasteiger partial charge in [-0.2, -0.15) is 0 Å². The summed E-state index contributed by atoms with van der Waals surface area (Å²) in [5, 5.41) is 17.3. The molecule has 218 valence electrons. The molecule has 4 heterocycles. The van der Waals surface area contributed by atoms with Crippen molar-refractivity contribution in [2.75, 3.05) is 50.6 Å². The van der Waals surface area contributed by atoms with Gasteiger partial charge < -0.3 is 29.9 Å². The first-order valence-electron chi connectivity index (χ1n) is 14.6. The number of piperazine rings is 1. The summed E-state index contributed by atoms with van der Waals surface area (Å²) < 4.78 is 7.18. The number of nitrogens with zero attached hydrogens (tertiary/aromatic N) is 4. The number of benzene rings is 2. The monoisotopic (exact) mass is 584 g/mol. The number of rotatable bonds is 7. The number of imidazole rings is 1. The van der Waals surface area contributed by atoms with Crippen LogP contribution in [-0.4, -0.2) is 77.0 Å². The molecule has 1 saturated carbocycles. The van der Waals surface area contributed by atoms with E-state index < -0.39 is 6.10 Å². The van der Waals surface area contributed by atoms with Crippen LogP contribution in [0.25, 0.3) is 32.6 Å². The van der Waals surface area contributed by atoms with Crippen molar-refractivity contribution in [3.8, 4) is 17.1 Å². The maximum absolute atomic E-state index is 14.5. The van der Waals surface area contributed by atoms with Gasteiger partial charge in [0.1, 0.15) is 22.0 Å². The minimum Gasteiger partial charge on any atom is -0.497 e. The zero-order chi connectivity index (χ0) is 28.8. The lowest BCUT2D eigenvalue weighted by Crippen LogP contribution is -2.44. The van der Waals surface area contributed by atoms with Crippen molar-refractivity contribution >= 4 is 44.0 Å². The van der Waals surface area contributed by atoms with Crippen LogP contribution in [0.1, 0.15) is 24.8 Å². The van der Waals surface area contributed by atoms with Gasteiger partial charge in [-0.3, -0.25) is 9.36 Å². The summed E-state index contributed by atoms with van der Waals surface area (Å²) in [7, 11) is 3.80. The zero-order valence-electron chi connectivity index (χ0n) is 24.0. The molecule has 1 aliphatic heterocycles. The highest BCUT2D eigenvalue weighted by molar-refractivity contribution is 7.16. The van der Waals surface area contributed by atoms with Gasteiger partial charge >= 0.3 is 0 Å². The van der Waals surface area contributed by atoms with E-state index in [-0.39, 0.29) is 11.6 Å². The van der Waals surface area contributed by atoms with E-state index >= 15 is 0 Å². The van der Waals surface area contributed by atoms with Gasteiger partial charge in [-0.05, 0) is 73.7 Å². The fraction of sp³-hybridized carbons (Fsp3) is 0.375. The van der Waals surface area contributed by atoms with Gasteiger partial charge in [0, 0.05) is 37.3 Å². The van der Waals surface area contributed by atoms with Crippen LogP contribution in [0.15, 0.2) is 58.7 Å². The van der Waals surface area contributed by atoms with Crippen molar-refractivity contribution in [1.82, 2.24) is 19.4 Å². The second kappa shape index (κ2) is 11.1. The Bertz CT molecular complexity index is 1780. The van der Waals surface area contributed by atoms with Crippen LogP contribution in [0.3, 0.4) is 0 Å². The molecule has 0 amide bonds. The minimum absolute atomic E-state index is 0.114. The number of H-pyrrole nitrogens is 1. The number of hydrogen-bond donors (Lipinski definition) is 3. The molecule has 1 saturated heterocycles. The molecule has 2 aliphatic rings. The minimum atomic E-state index is -0.449. The average Bonchev–Trinajstić information content (AvgIpc) is 3.75. The molecule has 0 bridgehead atoms. The summed E-state index contributed by atoms with van der Waals surface area (Å²) in [4.78, 5) is 28.6. The van der Waals surface area contributed by atoms with Crippen molar-refractivity contribution in [3.63, 3.8) is 0 Å². The molecular formula is C32H36N6O3S. The maximum atomic E-state index is 14.5. The van der Waals surface area contributed by atoms with Crippen LogP contribution in [0.4, 0.5) is 11.4 Å². The molecule has 1 aliphatic carbocycles. The van der Waals surface area contributed by atoms with Crippen LogP contribution in [0, 0.1) is 0 Å². The van der Waals surface area contributed by atoms with Crippen LogP contribution in [0.5, 0.6) is 5.75 Å². The van der Waals surface area contributed by atoms with Gasteiger partial charge in [-0.15, -0.1) is 11.3 Å². The topological polar surface area (TPSA) is 98.7 Å². The van der Waals surface area contributed by atoms with Gasteiger partial charge in [0.2, 0.25) is 0 Å². The third-order valence-electron chi connectivity index (χ3n) is 8.75. The lowest BCUT2D eigenvalue weighted by Gasteiger charge is -2.34. The number of ether oxygens (including phenoxy) is 1. The number of aromatic amines is 1. The molecule has 0 radical (unpaired) electrons. The number of fused-ring (bicyclic) bond motifs is 2. The molecule has 10 heteroatoms. The molecule has 0 unspecified atom stereocenters. The van der Waals surface area contributed by atoms with E-state index in [1.54, 1.807) is 18.4 Å². The molecule has 3 aromatic heterocycles. The molecule has 3 N–H and O–H groups in total. The predicted molar refractivity (Wildman–Crippen MR) is 170 cm³/mol. The molecule has 9 nitrogen and oxygen atoms in total. The number of hydrogen-bond acceptors (Lipinski definition) is 8. The molecule has 7 rings (SSSR count).